The summed E-state index contributed by atoms with van der Waals surface area (Å²) in [5, 5.41) is 7.45. The summed E-state index contributed by atoms with van der Waals surface area (Å²) >= 11 is 11.9. The first-order valence-electron chi connectivity index (χ1n) is 7.40. The molecule has 2 amide bonds. The number of amides is 2. The van der Waals surface area contributed by atoms with Crippen LogP contribution in [0.3, 0.4) is 0 Å². The topological polar surface area (TPSA) is 44.4 Å². The van der Waals surface area contributed by atoms with Crippen LogP contribution in [0.5, 0.6) is 0 Å². The van der Waals surface area contributed by atoms with Crippen molar-refractivity contribution >= 4 is 34.9 Å². The molecule has 2 unspecified atom stereocenters. The van der Waals surface area contributed by atoms with Crippen LogP contribution in [0.1, 0.15) is 25.7 Å². The molecule has 4 nitrogen and oxygen atoms in total. The van der Waals surface area contributed by atoms with Crippen molar-refractivity contribution < 1.29 is 4.79 Å². The van der Waals surface area contributed by atoms with Gasteiger partial charge in [0, 0.05) is 34.4 Å². The van der Waals surface area contributed by atoms with Gasteiger partial charge in [-0.3, -0.25) is 0 Å². The molecule has 2 saturated heterocycles. The molecular weight excluding hydrogens is 309 g/mol. The molecule has 2 atom stereocenters. The highest BCUT2D eigenvalue weighted by Gasteiger charge is 2.35. The maximum atomic E-state index is 12.5. The molecule has 2 fully saturated rings. The zero-order valence-corrected chi connectivity index (χ0v) is 13.3. The molecule has 0 bridgehead atoms. The van der Waals surface area contributed by atoms with Gasteiger partial charge in [-0.2, -0.15) is 0 Å². The number of urea groups is 1. The molecular formula is C15H19Cl2N3O. The van der Waals surface area contributed by atoms with E-state index in [0.717, 1.165) is 32.4 Å². The molecule has 2 N–H and O–H groups in total. The van der Waals surface area contributed by atoms with E-state index >= 15 is 0 Å². The molecule has 0 aromatic heterocycles. The van der Waals surface area contributed by atoms with Gasteiger partial charge in [-0.25, -0.2) is 4.79 Å². The minimum atomic E-state index is -0.0652. The van der Waals surface area contributed by atoms with E-state index in [-0.39, 0.29) is 6.03 Å². The number of nitrogens with zero attached hydrogens (tertiary/aromatic N) is 1. The first kappa shape index (κ1) is 14.9. The Morgan fingerprint density at radius 2 is 1.95 bits per heavy atom. The summed E-state index contributed by atoms with van der Waals surface area (Å²) < 4.78 is 0. The highest BCUT2D eigenvalue weighted by atomic mass is 35.5. The molecule has 114 valence electrons. The van der Waals surface area contributed by atoms with E-state index in [1.54, 1.807) is 18.2 Å². The third-order valence-corrected chi connectivity index (χ3v) is 4.67. The Balaban J connectivity index is 1.69. The van der Waals surface area contributed by atoms with Crippen LogP contribution in [0.4, 0.5) is 10.5 Å². The predicted molar refractivity (Wildman–Crippen MR) is 86.2 cm³/mol. The molecule has 1 aromatic rings. The van der Waals surface area contributed by atoms with Crippen LogP contribution in [0.2, 0.25) is 10.0 Å². The van der Waals surface area contributed by atoms with Gasteiger partial charge in [0.05, 0.1) is 0 Å². The molecule has 0 saturated carbocycles. The van der Waals surface area contributed by atoms with E-state index in [4.69, 9.17) is 23.2 Å². The summed E-state index contributed by atoms with van der Waals surface area (Å²) in [6, 6.07) is 5.74. The van der Waals surface area contributed by atoms with Crippen LogP contribution in [0.15, 0.2) is 18.2 Å². The van der Waals surface area contributed by atoms with E-state index < -0.39 is 0 Å². The molecule has 21 heavy (non-hydrogen) atoms. The number of carbonyl (C=O) groups excluding carboxylic acids is 1. The number of nitrogens with one attached hydrogen (secondary N) is 2. The van der Waals surface area contributed by atoms with Gasteiger partial charge < -0.3 is 15.5 Å². The molecule has 0 radical (unpaired) electrons. The normalized spacial score (nSPS) is 25.3. The van der Waals surface area contributed by atoms with Gasteiger partial charge in [0.25, 0.3) is 0 Å². The van der Waals surface area contributed by atoms with Gasteiger partial charge in [-0.15, -0.1) is 0 Å². The quantitative estimate of drug-likeness (QED) is 0.869. The minimum absolute atomic E-state index is 0.0652. The molecule has 3 rings (SSSR count). The van der Waals surface area contributed by atoms with Gasteiger partial charge in [0.15, 0.2) is 0 Å². The average molecular weight is 328 g/mol. The summed E-state index contributed by atoms with van der Waals surface area (Å²) in [6.45, 7) is 1.86. The van der Waals surface area contributed by atoms with E-state index in [1.807, 2.05) is 4.90 Å². The second-order valence-corrected chi connectivity index (χ2v) is 6.57. The smallest absolute Gasteiger partial charge is 0.320 e. The number of rotatable bonds is 2. The van der Waals surface area contributed by atoms with Gasteiger partial charge in [0.2, 0.25) is 0 Å². The number of carbonyl (C=O) groups is 1. The standard InChI is InChI=1S/C15H19Cl2N3O/c16-10-7-11(17)9-12(8-10)19-15(21)20-6-2-4-14(20)13-3-1-5-18-13/h7-9,13-14,18H,1-6H2,(H,19,21). The SMILES string of the molecule is O=C(Nc1cc(Cl)cc(Cl)c1)N1CCCC1C1CCCN1. The van der Waals surface area contributed by atoms with Gasteiger partial charge in [-0.1, -0.05) is 23.2 Å². The number of hydrogen-bond donors (Lipinski definition) is 2. The maximum absolute atomic E-state index is 12.5. The Hall–Kier alpha value is -0.970. The summed E-state index contributed by atoms with van der Waals surface area (Å²) in [4.78, 5) is 14.4. The number of hydrogen-bond acceptors (Lipinski definition) is 2. The Morgan fingerprint density at radius 1 is 1.19 bits per heavy atom. The molecule has 2 aliphatic rings. The van der Waals surface area contributed by atoms with Crippen molar-refractivity contribution in [1.82, 2.24) is 10.2 Å². The van der Waals surface area contributed by atoms with Crippen LogP contribution >= 0.6 is 23.2 Å². The second-order valence-electron chi connectivity index (χ2n) is 5.69. The van der Waals surface area contributed by atoms with Crippen LogP contribution in [0.25, 0.3) is 0 Å². The largest absolute Gasteiger partial charge is 0.322 e. The highest BCUT2D eigenvalue weighted by molar-refractivity contribution is 6.35. The lowest BCUT2D eigenvalue weighted by Crippen LogP contribution is -2.48. The lowest BCUT2D eigenvalue weighted by atomic mass is 10.0. The zero-order chi connectivity index (χ0) is 14.8. The number of halogens is 2. The number of likely N-dealkylation sites (tertiary alicyclic amines) is 1. The maximum Gasteiger partial charge on any atom is 0.322 e. The fourth-order valence-corrected chi connectivity index (χ4v) is 3.85. The summed E-state index contributed by atoms with van der Waals surface area (Å²) in [7, 11) is 0. The monoisotopic (exact) mass is 327 g/mol. The Morgan fingerprint density at radius 3 is 2.62 bits per heavy atom. The van der Waals surface area contributed by atoms with E-state index in [1.165, 1.54) is 6.42 Å². The van der Waals surface area contributed by atoms with Crippen LogP contribution in [-0.4, -0.2) is 36.1 Å². The van der Waals surface area contributed by atoms with Crippen molar-refractivity contribution in [2.75, 3.05) is 18.4 Å². The third kappa shape index (κ3) is 3.44. The van der Waals surface area contributed by atoms with Crippen molar-refractivity contribution in [1.29, 1.82) is 0 Å². The predicted octanol–water partition coefficient (Wildman–Crippen LogP) is 3.74. The lowest BCUT2D eigenvalue weighted by molar-refractivity contribution is 0.195. The molecule has 6 heteroatoms. The Kier molecular flexibility index (Phi) is 4.57. The van der Waals surface area contributed by atoms with Crippen molar-refractivity contribution in [3.05, 3.63) is 28.2 Å². The van der Waals surface area contributed by atoms with E-state index in [9.17, 15) is 4.79 Å². The van der Waals surface area contributed by atoms with Gasteiger partial charge >= 0.3 is 6.03 Å². The van der Waals surface area contributed by atoms with Gasteiger partial charge in [-0.05, 0) is 50.4 Å². The first-order chi connectivity index (χ1) is 10.1. The first-order valence-corrected chi connectivity index (χ1v) is 8.16. The summed E-state index contributed by atoms with van der Waals surface area (Å²) in [5.74, 6) is 0. The molecule has 2 aliphatic heterocycles. The van der Waals surface area contributed by atoms with Crippen LogP contribution < -0.4 is 10.6 Å². The van der Waals surface area contributed by atoms with Crippen molar-refractivity contribution in [3.63, 3.8) is 0 Å². The van der Waals surface area contributed by atoms with Crippen LogP contribution in [0, 0.1) is 0 Å². The number of benzene rings is 1. The third-order valence-electron chi connectivity index (χ3n) is 4.24. The van der Waals surface area contributed by atoms with E-state index in [0.29, 0.717) is 27.8 Å². The molecule has 0 aliphatic carbocycles. The summed E-state index contributed by atoms with van der Waals surface area (Å²) in [6.07, 6.45) is 4.48. The lowest BCUT2D eigenvalue weighted by Gasteiger charge is -2.29. The second kappa shape index (κ2) is 6.42. The van der Waals surface area contributed by atoms with Crippen LogP contribution in [-0.2, 0) is 0 Å². The highest BCUT2D eigenvalue weighted by Crippen LogP contribution is 2.27. The van der Waals surface area contributed by atoms with Crippen molar-refractivity contribution in [2.45, 2.75) is 37.8 Å². The van der Waals surface area contributed by atoms with Crippen molar-refractivity contribution in [3.8, 4) is 0 Å². The number of anilines is 1. The Labute approximate surface area is 134 Å². The summed E-state index contributed by atoms with van der Waals surface area (Å²) in [5.41, 5.74) is 0.641. The molecule has 2 heterocycles. The fourth-order valence-electron chi connectivity index (χ4n) is 3.32. The molecule has 1 aromatic carbocycles. The zero-order valence-electron chi connectivity index (χ0n) is 11.7. The average Bonchev–Trinajstić information content (AvgIpc) is 3.08. The van der Waals surface area contributed by atoms with Gasteiger partial charge in [0.1, 0.15) is 0 Å². The minimum Gasteiger partial charge on any atom is -0.320 e. The fraction of sp³-hybridized carbons (Fsp3) is 0.533. The van der Waals surface area contributed by atoms with E-state index in [2.05, 4.69) is 10.6 Å². The van der Waals surface area contributed by atoms with Crippen molar-refractivity contribution in [2.24, 2.45) is 0 Å². The molecule has 0 spiro atoms. The Bertz CT molecular complexity index is 511.